The third-order valence-electron chi connectivity index (χ3n) is 1.54. The molecule has 0 rings (SSSR count). The molecule has 0 fully saturated rings. The minimum absolute atomic E-state index is 0.193. The van der Waals surface area contributed by atoms with E-state index >= 15 is 0 Å². The Morgan fingerprint density at radius 3 is 2.73 bits per heavy atom. The first-order valence-corrected chi connectivity index (χ1v) is 4.04. The molecule has 1 N–H and O–H groups in total. The molecule has 1 unspecified atom stereocenters. The second kappa shape index (κ2) is 7.37. The number of aliphatic hydroxyl groups excluding tert-OH is 1. The molecule has 1 nitrogen and oxygen atoms in total. The molecule has 0 radical (unpaired) electrons. The van der Waals surface area contributed by atoms with Crippen LogP contribution in [-0.2, 0) is 0 Å². The van der Waals surface area contributed by atoms with Crippen molar-refractivity contribution in [3.05, 3.63) is 12.2 Å². The first-order valence-electron chi connectivity index (χ1n) is 4.04. The average molecular weight is 152 g/mol. The summed E-state index contributed by atoms with van der Waals surface area (Å²) in [5.74, 6) is 2.80. The van der Waals surface area contributed by atoms with Crippen LogP contribution in [-0.4, -0.2) is 11.7 Å². The molecule has 0 aromatic carbocycles. The van der Waals surface area contributed by atoms with Gasteiger partial charge in [-0.15, -0.1) is 12.3 Å². The summed E-state index contributed by atoms with van der Waals surface area (Å²) in [5.41, 5.74) is 0. The average Bonchev–Trinajstić information content (AvgIpc) is 2.03. The summed E-state index contributed by atoms with van der Waals surface area (Å²) in [6.45, 7) is 2.28. The van der Waals surface area contributed by atoms with Crippen molar-refractivity contribution in [2.45, 2.75) is 26.2 Å². The van der Waals surface area contributed by atoms with Crippen LogP contribution in [0.2, 0.25) is 0 Å². The van der Waals surface area contributed by atoms with Crippen LogP contribution in [0.1, 0.15) is 26.2 Å². The quantitative estimate of drug-likeness (QED) is 0.471. The molecule has 0 aromatic rings. The topological polar surface area (TPSA) is 20.2 Å². The lowest BCUT2D eigenvalue weighted by molar-refractivity contribution is 0.230. The molecule has 0 heterocycles. The summed E-state index contributed by atoms with van der Waals surface area (Å²) in [5, 5.41) is 8.83. The molecule has 0 spiro atoms. The number of hydrogen-bond donors (Lipinski definition) is 1. The van der Waals surface area contributed by atoms with Crippen LogP contribution < -0.4 is 0 Å². The van der Waals surface area contributed by atoms with Gasteiger partial charge in [0.1, 0.15) is 0 Å². The van der Waals surface area contributed by atoms with Crippen molar-refractivity contribution in [2.24, 2.45) is 5.92 Å². The van der Waals surface area contributed by atoms with Crippen molar-refractivity contribution in [3.8, 4) is 12.3 Å². The van der Waals surface area contributed by atoms with Gasteiger partial charge in [0.15, 0.2) is 0 Å². The van der Waals surface area contributed by atoms with Crippen molar-refractivity contribution < 1.29 is 5.11 Å². The third-order valence-corrected chi connectivity index (χ3v) is 1.54. The predicted molar refractivity (Wildman–Crippen MR) is 48.1 cm³/mol. The van der Waals surface area contributed by atoms with Crippen LogP contribution in [0, 0.1) is 18.3 Å². The molecule has 62 valence electrons. The van der Waals surface area contributed by atoms with Gasteiger partial charge in [-0.3, -0.25) is 0 Å². The molecule has 1 atom stereocenters. The van der Waals surface area contributed by atoms with E-state index in [1.807, 2.05) is 0 Å². The highest BCUT2D eigenvalue weighted by atomic mass is 16.3. The zero-order valence-corrected chi connectivity index (χ0v) is 7.09. The number of rotatable bonds is 5. The van der Waals surface area contributed by atoms with Crippen LogP contribution >= 0.6 is 0 Å². The zero-order valence-electron chi connectivity index (χ0n) is 7.09. The van der Waals surface area contributed by atoms with E-state index in [0.29, 0.717) is 6.42 Å². The lowest BCUT2D eigenvalue weighted by Gasteiger charge is -2.05. The molecule has 1 heteroatoms. The largest absolute Gasteiger partial charge is 0.396 e. The van der Waals surface area contributed by atoms with Gasteiger partial charge in [0, 0.05) is 13.0 Å². The number of hydrogen-bond acceptors (Lipinski definition) is 1. The Morgan fingerprint density at radius 1 is 1.55 bits per heavy atom. The highest BCUT2D eigenvalue weighted by molar-refractivity contribution is 4.90. The fourth-order valence-electron chi connectivity index (χ4n) is 0.844. The summed E-state index contributed by atoms with van der Waals surface area (Å²) in [6.07, 6.45) is 11.9. The summed E-state index contributed by atoms with van der Waals surface area (Å²) >= 11 is 0. The molecular formula is C10H16O. The van der Waals surface area contributed by atoms with E-state index in [2.05, 4.69) is 25.0 Å². The SMILES string of the molecule is C#CCC(CO)C/C=C\CC. The van der Waals surface area contributed by atoms with Gasteiger partial charge >= 0.3 is 0 Å². The maximum atomic E-state index is 8.83. The summed E-state index contributed by atoms with van der Waals surface area (Å²) in [6, 6.07) is 0. The van der Waals surface area contributed by atoms with Crippen LogP contribution in [0.5, 0.6) is 0 Å². The van der Waals surface area contributed by atoms with Gasteiger partial charge in [0.2, 0.25) is 0 Å². The Bertz CT molecular complexity index is 141. The predicted octanol–water partition coefficient (Wildman–Crippen LogP) is 1.97. The Morgan fingerprint density at radius 2 is 2.27 bits per heavy atom. The zero-order chi connectivity index (χ0) is 8.53. The standard InChI is InChI=1S/C10H16O/c1-3-5-6-8-10(9-11)7-4-2/h2,5-6,10-11H,3,7-9H2,1H3/b6-5-. The molecule has 0 aliphatic rings. The molecule has 0 amide bonds. The fourth-order valence-corrected chi connectivity index (χ4v) is 0.844. The van der Waals surface area contributed by atoms with E-state index in [1.54, 1.807) is 0 Å². The van der Waals surface area contributed by atoms with Crippen LogP contribution in [0.4, 0.5) is 0 Å². The van der Waals surface area contributed by atoms with Crippen molar-refractivity contribution in [3.63, 3.8) is 0 Å². The van der Waals surface area contributed by atoms with E-state index in [-0.39, 0.29) is 12.5 Å². The minimum Gasteiger partial charge on any atom is -0.396 e. The first kappa shape index (κ1) is 10.3. The van der Waals surface area contributed by atoms with E-state index in [1.165, 1.54) is 0 Å². The highest BCUT2D eigenvalue weighted by Crippen LogP contribution is 2.07. The summed E-state index contributed by atoms with van der Waals surface area (Å²) in [4.78, 5) is 0. The van der Waals surface area contributed by atoms with E-state index in [4.69, 9.17) is 11.5 Å². The maximum Gasteiger partial charge on any atom is 0.0471 e. The monoisotopic (exact) mass is 152 g/mol. The summed E-state index contributed by atoms with van der Waals surface area (Å²) in [7, 11) is 0. The second-order valence-corrected chi connectivity index (χ2v) is 2.57. The van der Waals surface area contributed by atoms with Gasteiger partial charge in [-0.05, 0) is 18.8 Å². The lowest BCUT2D eigenvalue weighted by Crippen LogP contribution is -2.02. The lowest BCUT2D eigenvalue weighted by atomic mass is 10.0. The minimum atomic E-state index is 0.193. The van der Waals surface area contributed by atoms with Crippen molar-refractivity contribution >= 4 is 0 Å². The van der Waals surface area contributed by atoms with Gasteiger partial charge in [0.05, 0.1) is 0 Å². The van der Waals surface area contributed by atoms with Crippen LogP contribution in [0.15, 0.2) is 12.2 Å². The molecular weight excluding hydrogens is 136 g/mol. The van der Waals surface area contributed by atoms with Crippen molar-refractivity contribution in [1.29, 1.82) is 0 Å². The second-order valence-electron chi connectivity index (χ2n) is 2.57. The van der Waals surface area contributed by atoms with Gasteiger partial charge in [-0.2, -0.15) is 0 Å². The van der Waals surface area contributed by atoms with E-state index < -0.39 is 0 Å². The summed E-state index contributed by atoms with van der Waals surface area (Å²) < 4.78 is 0. The molecule has 11 heavy (non-hydrogen) atoms. The number of aliphatic hydroxyl groups is 1. The van der Waals surface area contributed by atoms with Crippen LogP contribution in [0.3, 0.4) is 0 Å². The van der Waals surface area contributed by atoms with Gasteiger partial charge < -0.3 is 5.11 Å². The fraction of sp³-hybridized carbons (Fsp3) is 0.600. The van der Waals surface area contributed by atoms with Crippen molar-refractivity contribution in [2.75, 3.05) is 6.61 Å². The van der Waals surface area contributed by atoms with E-state index in [0.717, 1.165) is 12.8 Å². The van der Waals surface area contributed by atoms with Gasteiger partial charge in [0.25, 0.3) is 0 Å². The molecule has 0 aliphatic carbocycles. The molecule has 0 aromatic heterocycles. The smallest absolute Gasteiger partial charge is 0.0471 e. The Labute approximate surface area is 69.1 Å². The molecule has 0 saturated carbocycles. The Kier molecular flexibility index (Phi) is 6.87. The van der Waals surface area contributed by atoms with E-state index in [9.17, 15) is 0 Å². The molecule has 0 aliphatic heterocycles. The van der Waals surface area contributed by atoms with Crippen molar-refractivity contribution in [1.82, 2.24) is 0 Å². The number of allylic oxidation sites excluding steroid dienone is 2. The molecule has 0 bridgehead atoms. The van der Waals surface area contributed by atoms with Crippen LogP contribution in [0.25, 0.3) is 0 Å². The maximum absolute atomic E-state index is 8.83. The molecule has 0 saturated heterocycles. The van der Waals surface area contributed by atoms with Gasteiger partial charge in [-0.1, -0.05) is 19.1 Å². The Hall–Kier alpha value is -0.740. The first-order chi connectivity index (χ1) is 5.35. The third kappa shape index (κ3) is 5.69. The Balaban J connectivity index is 3.53. The highest BCUT2D eigenvalue weighted by Gasteiger charge is 2.01. The normalized spacial score (nSPS) is 13.2. The number of terminal acetylenes is 1. The van der Waals surface area contributed by atoms with Gasteiger partial charge in [-0.25, -0.2) is 0 Å².